The highest BCUT2D eigenvalue weighted by molar-refractivity contribution is 5.98. The maximum Gasteiger partial charge on any atom is 0.265 e. The Balaban J connectivity index is 1.47. The van der Waals surface area contributed by atoms with E-state index in [2.05, 4.69) is 31.0 Å². The molecule has 0 radical (unpaired) electrons. The van der Waals surface area contributed by atoms with Crippen molar-refractivity contribution in [2.24, 2.45) is 11.8 Å². The maximum absolute atomic E-state index is 12.4. The fourth-order valence-corrected chi connectivity index (χ4v) is 4.33. The molecule has 0 saturated carbocycles. The van der Waals surface area contributed by atoms with Gasteiger partial charge in [-0.15, -0.1) is 0 Å². The number of piperidine rings is 1. The molecule has 2 aliphatic heterocycles. The zero-order chi connectivity index (χ0) is 19.4. The lowest BCUT2D eigenvalue weighted by Crippen LogP contribution is -2.47. The number of ether oxygens (including phenoxy) is 1. The fraction of sp³-hybridized carbons (Fsp3) is 0.619. The second-order valence-electron chi connectivity index (χ2n) is 8.18. The Kier molecular flexibility index (Phi) is 6.37. The molecule has 27 heavy (non-hydrogen) atoms. The molecular weight excluding hydrogens is 342 g/mol. The standard InChI is InChI=1S/C21H31N3O3/c1-15-10-16(2)12-23(11-15)13-17(3)22-20(25)8-9-24-18-6-4-5-7-19(18)27-14-21(24)26/h4-7,15-17H,8-14H2,1-3H3,(H,22,25). The molecular formula is C21H31N3O3. The van der Waals surface area contributed by atoms with Gasteiger partial charge in [-0.05, 0) is 37.3 Å². The van der Waals surface area contributed by atoms with Crippen molar-refractivity contribution in [2.75, 3.05) is 37.7 Å². The second-order valence-corrected chi connectivity index (χ2v) is 8.18. The van der Waals surface area contributed by atoms with E-state index in [1.165, 1.54) is 6.42 Å². The van der Waals surface area contributed by atoms with E-state index < -0.39 is 0 Å². The fourth-order valence-electron chi connectivity index (χ4n) is 4.33. The molecule has 3 rings (SSSR count). The Labute approximate surface area is 161 Å². The number of anilines is 1. The number of nitrogens with one attached hydrogen (secondary N) is 1. The van der Waals surface area contributed by atoms with Crippen LogP contribution >= 0.6 is 0 Å². The van der Waals surface area contributed by atoms with Gasteiger partial charge in [-0.25, -0.2) is 0 Å². The quantitative estimate of drug-likeness (QED) is 0.831. The van der Waals surface area contributed by atoms with Crippen molar-refractivity contribution in [2.45, 2.75) is 39.7 Å². The average molecular weight is 373 g/mol. The Hall–Kier alpha value is -2.08. The van der Waals surface area contributed by atoms with Crippen LogP contribution in [0.5, 0.6) is 5.75 Å². The van der Waals surface area contributed by atoms with Gasteiger partial charge >= 0.3 is 0 Å². The van der Waals surface area contributed by atoms with Crippen molar-refractivity contribution in [3.8, 4) is 5.75 Å². The Morgan fingerprint density at radius 1 is 1.26 bits per heavy atom. The van der Waals surface area contributed by atoms with E-state index in [4.69, 9.17) is 4.74 Å². The molecule has 2 aliphatic rings. The molecule has 0 aliphatic carbocycles. The molecule has 3 unspecified atom stereocenters. The topological polar surface area (TPSA) is 61.9 Å². The summed E-state index contributed by atoms with van der Waals surface area (Å²) in [4.78, 5) is 28.7. The first-order valence-electron chi connectivity index (χ1n) is 9.96. The van der Waals surface area contributed by atoms with Crippen LogP contribution < -0.4 is 15.0 Å². The summed E-state index contributed by atoms with van der Waals surface area (Å²) in [6, 6.07) is 7.55. The highest BCUT2D eigenvalue weighted by atomic mass is 16.5. The zero-order valence-corrected chi connectivity index (χ0v) is 16.6. The lowest BCUT2D eigenvalue weighted by molar-refractivity contribution is -0.122. The molecule has 0 spiro atoms. The predicted molar refractivity (Wildman–Crippen MR) is 106 cm³/mol. The number of nitrogens with zero attached hydrogens (tertiary/aromatic N) is 2. The number of carbonyl (C=O) groups is 2. The minimum atomic E-state index is -0.106. The second kappa shape index (κ2) is 8.74. The highest BCUT2D eigenvalue weighted by Crippen LogP contribution is 2.31. The summed E-state index contributed by atoms with van der Waals surface area (Å²) < 4.78 is 5.44. The summed E-state index contributed by atoms with van der Waals surface area (Å²) >= 11 is 0. The first-order chi connectivity index (χ1) is 12.9. The number of fused-ring (bicyclic) bond motifs is 1. The van der Waals surface area contributed by atoms with Crippen LogP contribution in [0.3, 0.4) is 0 Å². The van der Waals surface area contributed by atoms with Crippen LogP contribution in [0.15, 0.2) is 24.3 Å². The van der Waals surface area contributed by atoms with Crippen molar-refractivity contribution in [3.63, 3.8) is 0 Å². The molecule has 0 bridgehead atoms. The van der Waals surface area contributed by atoms with E-state index in [0.717, 1.165) is 25.3 Å². The summed E-state index contributed by atoms with van der Waals surface area (Å²) in [5.74, 6) is 2.00. The van der Waals surface area contributed by atoms with E-state index in [1.807, 2.05) is 24.3 Å². The molecule has 0 aromatic heterocycles. The smallest absolute Gasteiger partial charge is 0.265 e. The van der Waals surface area contributed by atoms with E-state index in [9.17, 15) is 9.59 Å². The number of rotatable bonds is 6. The molecule has 148 valence electrons. The summed E-state index contributed by atoms with van der Waals surface area (Å²) in [6.45, 7) is 10.1. The van der Waals surface area contributed by atoms with Gasteiger partial charge in [-0.1, -0.05) is 26.0 Å². The van der Waals surface area contributed by atoms with E-state index in [0.29, 0.717) is 24.1 Å². The molecule has 1 fully saturated rings. The minimum absolute atomic E-state index is 0.0163. The van der Waals surface area contributed by atoms with Crippen molar-refractivity contribution < 1.29 is 14.3 Å². The van der Waals surface area contributed by atoms with Crippen molar-refractivity contribution >= 4 is 17.5 Å². The average Bonchev–Trinajstić information content (AvgIpc) is 2.59. The van der Waals surface area contributed by atoms with E-state index >= 15 is 0 Å². The predicted octanol–water partition coefficient (Wildman–Crippen LogP) is 2.28. The number of hydrogen-bond donors (Lipinski definition) is 1. The summed E-state index contributed by atoms with van der Waals surface area (Å²) in [7, 11) is 0. The Morgan fingerprint density at radius 2 is 1.96 bits per heavy atom. The number of carbonyl (C=O) groups excluding carboxylic acids is 2. The number of likely N-dealkylation sites (tertiary alicyclic amines) is 1. The number of benzene rings is 1. The van der Waals surface area contributed by atoms with Crippen LogP contribution in [0, 0.1) is 11.8 Å². The number of hydrogen-bond acceptors (Lipinski definition) is 4. The monoisotopic (exact) mass is 373 g/mol. The van der Waals surface area contributed by atoms with Gasteiger partial charge in [0.05, 0.1) is 5.69 Å². The van der Waals surface area contributed by atoms with Crippen molar-refractivity contribution in [3.05, 3.63) is 24.3 Å². The third kappa shape index (κ3) is 5.22. The summed E-state index contributed by atoms with van der Waals surface area (Å²) in [5.41, 5.74) is 0.742. The first kappa shape index (κ1) is 19.7. The lowest BCUT2D eigenvalue weighted by Gasteiger charge is -2.36. The molecule has 6 nitrogen and oxygen atoms in total. The van der Waals surface area contributed by atoms with Gasteiger partial charge < -0.3 is 19.9 Å². The molecule has 1 aromatic carbocycles. The van der Waals surface area contributed by atoms with Gasteiger partial charge in [-0.3, -0.25) is 9.59 Å². The third-order valence-corrected chi connectivity index (χ3v) is 5.25. The first-order valence-corrected chi connectivity index (χ1v) is 9.96. The Bertz CT molecular complexity index is 668. The molecule has 2 heterocycles. The molecule has 2 amide bonds. The molecule has 1 aromatic rings. The number of amides is 2. The summed E-state index contributed by atoms with van der Waals surface area (Å²) in [6.07, 6.45) is 1.57. The van der Waals surface area contributed by atoms with Crippen LogP contribution in [0.1, 0.15) is 33.6 Å². The van der Waals surface area contributed by atoms with Crippen molar-refractivity contribution in [1.82, 2.24) is 10.2 Å². The van der Waals surface area contributed by atoms with Gasteiger partial charge in [0.2, 0.25) is 5.91 Å². The van der Waals surface area contributed by atoms with E-state index in [-0.39, 0.29) is 30.9 Å². The van der Waals surface area contributed by atoms with Gasteiger partial charge in [0.1, 0.15) is 5.75 Å². The summed E-state index contributed by atoms with van der Waals surface area (Å²) in [5, 5.41) is 3.09. The van der Waals surface area contributed by atoms with E-state index in [1.54, 1.807) is 4.90 Å². The van der Waals surface area contributed by atoms with Crippen LogP contribution in [0.25, 0.3) is 0 Å². The lowest BCUT2D eigenvalue weighted by atomic mass is 9.92. The van der Waals surface area contributed by atoms with Gasteiger partial charge in [0.15, 0.2) is 6.61 Å². The van der Waals surface area contributed by atoms with Crippen molar-refractivity contribution in [1.29, 1.82) is 0 Å². The Morgan fingerprint density at radius 3 is 2.70 bits per heavy atom. The molecule has 1 saturated heterocycles. The van der Waals surface area contributed by atoms with Crippen LogP contribution in [-0.4, -0.2) is 55.5 Å². The van der Waals surface area contributed by atoms with Crippen LogP contribution in [0.2, 0.25) is 0 Å². The zero-order valence-electron chi connectivity index (χ0n) is 16.6. The number of para-hydroxylation sites is 2. The minimum Gasteiger partial charge on any atom is -0.482 e. The third-order valence-electron chi connectivity index (χ3n) is 5.25. The van der Waals surface area contributed by atoms with Crippen LogP contribution in [0.4, 0.5) is 5.69 Å². The molecule has 1 N–H and O–H groups in total. The van der Waals surface area contributed by atoms with Crippen LogP contribution in [-0.2, 0) is 9.59 Å². The van der Waals surface area contributed by atoms with Gasteiger partial charge in [-0.2, -0.15) is 0 Å². The van der Waals surface area contributed by atoms with Gasteiger partial charge in [0.25, 0.3) is 5.91 Å². The molecule has 3 atom stereocenters. The highest BCUT2D eigenvalue weighted by Gasteiger charge is 2.26. The molecule has 6 heteroatoms. The normalized spacial score (nSPS) is 24.1. The largest absolute Gasteiger partial charge is 0.482 e. The maximum atomic E-state index is 12.4. The van der Waals surface area contributed by atoms with Gasteiger partial charge in [0, 0.05) is 38.6 Å². The SMILES string of the molecule is CC1CC(C)CN(CC(C)NC(=O)CCN2C(=O)COc3ccccc32)C1.